The van der Waals surface area contributed by atoms with Crippen molar-refractivity contribution >= 4 is 21.5 Å². The monoisotopic (exact) mass is 281 g/mol. The molecule has 0 aliphatic carbocycles. The number of hydrogen-bond donors (Lipinski definition) is 2. The summed E-state index contributed by atoms with van der Waals surface area (Å²) in [5.41, 5.74) is 6.14. The predicted molar refractivity (Wildman–Crippen MR) is 70.6 cm³/mol. The number of benzene rings is 1. The van der Waals surface area contributed by atoms with Crippen molar-refractivity contribution in [2.75, 3.05) is 10.5 Å². The number of nitrogens with one attached hydrogen (secondary N) is 1. The molecule has 0 saturated heterocycles. The number of anilines is 2. The van der Waals surface area contributed by atoms with Crippen molar-refractivity contribution in [2.24, 2.45) is 0 Å². The standard InChI is InChI=1S/C12H12FN3O2S/c1-8-7-9(4-5-10(8)13)16-19(17,18)11-3-2-6-15-12(11)14/h2-7,16H,1H3,(H2,14,15). The van der Waals surface area contributed by atoms with Crippen LogP contribution in [-0.2, 0) is 10.0 Å². The Morgan fingerprint density at radius 3 is 2.68 bits per heavy atom. The first-order valence-corrected chi connectivity index (χ1v) is 6.88. The van der Waals surface area contributed by atoms with Crippen molar-refractivity contribution in [3.05, 3.63) is 47.9 Å². The smallest absolute Gasteiger partial charge is 0.265 e. The fraction of sp³-hybridized carbons (Fsp3) is 0.0833. The molecule has 5 nitrogen and oxygen atoms in total. The van der Waals surface area contributed by atoms with Crippen LogP contribution < -0.4 is 10.5 Å². The molecule has 0 aliphatic heterocycles. The first-order chi connectivity index (χ1) is 8.90. The van der Waals surface area contributed by atoms with Gasteiger partial charge >= 0.3 is 0 Å². The fourth-order valence-electron chi connectivity index (χ4n) is 1.55. The summed E-state index contributed by atoms with van der Waals surface area (Å²) in [4.78, 5) is 3.60. The number of sulfonamides is 1. The molecule has 0 aliphatic rings. The molecule has 1 heterocycles. The third kappa shape index (κ3) is 2.82. The molecule has 0 amide bonds. The molecule has 1 aromatic heterocycles. The second kappa shape index (κ2) is 4.85. The molecule has 19 heavy (non-hydrogen) atoms. The lowest BCUT2D eigenvalue weighted by Crippen LogP contribution is -2.15. The van der Waals surface area contributed by atoms with Crippen LogP contribution in [0.25, 0.3) is 0 Å². The average molecular weight is 281 g/mol. The summed E-state index contributed by atoms with van der Waals surface area (Å²) < 4.78 is 39.6. The maximum Gasteiger partial charge on any atom is 0.265 e. The summed E-state index contributed by atoms with van der Waals surface area (Å²) in [5.74, 6) is -0.488. The third-order valence-electron chi connectivity index (χ3n) is 2.50. The lowest BCUT2D eigenvalue weighted by molar-refractivity contribution is 0.601. The van der Waals surface area contributed by atoms with Crippen LogP contribution in [0.1, 0.15) is 5.56 Å². The highest BCUT2D eigenvalue weighted by Crippen LogP contribution is 2.20. The summed E-state index contributed by atoms with van der Waals surface area (Å²) in [5, 5.41) is 0. The number of pyridine rings is 1. The Hall–Kier alpha value is -2.15. The maximum absolute atomic E-state index is 13.1. The maximum atomic E-state index is 13.1. The number of halogens is 1. The second-order valence-electron chi connectivity index (χ2n) is 3.96. The zero-order chi connectivity index (χ0) is 14.0. The Labute approximate surface area is 110 Å². The van der Waals surface area contributed by atoms with E-state index < -0.39 is 15.8 Å². The molecule has 0 radical (unpaired) electrons. The van der Waals surface area contributed by atoms with Gasteiger partial charge in [0.25, 0.3) is 10.0 Å². The normalized spacial score (nSPS) is 11.3. The zero-order valence-corrected chi connectivity index (χ0v) is 10.9. The lowest BCUT2D eigenvalue weighted by atomic mass is 10.2. The third-order valence-corrected chi connectivity index (χ3v) is 3.93. The van der Waals surface area contributed by atoms with Gasteiger partial charge < -0.3 is 5.73 Å². The predicted octanol–water partition coefficient (Wildman–Crippen LogP) is 1.91. The van der Waals surface area contributed by atoms with Crippen LogP contribution in [-0.4, -0.2) is 13.4 Å². The Bertz CT molecular complexity index is 717. The van der Waals surface area contributed by atoms with Gasteiger partial charge in [-0.3, -0.25) is 4.72 Å². The van der Waals surface area contributed by atoms with Gasteiger partial charge in [0.05, 0.1) is 0 Å². The molecule has 0 saturated carbocycles. The van der Waals surface area contributed by atoms with Crippen molar-refractivity contribution in [1.29, 1.82) is 0 Å². The van der Waals surface area contributed by atoms with Gasteiger partial charge in [-0.25, -0.2) is 17.8 Å². The molecule has 2 rings (SSSR count). The topological polar surface area (TPSA) is 85.1 Å². The van der Waals surface area contributed by atoms with E-state index in [9.17, 15) is 12.8 Å². The minimum absolute atomic E-state index is 0.0890. The molecule has 0 bridgehead atoms. The molecule has 0 fully saturated rings. The molecule has 3 N–H and O–H groups in total. The summed E-state index contributed by atoms with van der Waals surface area (Å²) in [7, 11) is -3.83. The van der Waals surface area contributed by atoms with Crippen LogP contribution in [0.15, 0.2) is 41.4 Å². The van der Waals surface area contributed by atoms with E-state index in [0.717, 1.165) is 0 Å². The second-order valence-corrected chi connectivity index (χ2v) is 5.61. The van der Waals surface area contributed by atoms with E-state index in [0.29, 0.717) is 5.56 Å². The van der Waals surface area contributed by atoms with Crippen molar-refractivity contribution in [3.8, 4) is 0 Å². The van der Waals surface area contributed by atoms with E-state index in [4.69, 9.17) is 5.73 Å². The number of aryl methyl sites for hydroxylation is 1. The van der Waals surface area contributed by atoms with Gasteiger partial charge in [-0.1, -0.05) is 0 Å². The molecule has 0 unspecified atom stereocenters. The average Bonchev–Trinajstić information content (AvgIpc) is 2.34. The molecule has 100 valence electrons. The number of nitrogen functional groups attached to an aromatic ring is 1. The van der Waals surface area contributed by atoms with E-state index in [1.807, 2.05) is 0 Å². The van der Waals surface area contributed by atoms with E-state index in [1.165, 1.54) is 36.5 Å². The van der Waals surface area contributed by atoms with Crippen molar-refractivity contribution in [2.45, 2.75) is 11.8 Å². The van der Waals surface area contributed by atoms with Crippen LogP contribution in [0, 0.1) is 12.7 Å². The quantitative estimate of drug-likeness (QED) is 0.900. The Morgan fingerprint density at radius 2 is 2.05 bits per heavy atom. The summed E-state index contributed by atoms with van der Waals surface area (Å²) in [6.45, 7) is 1.55. The highest BCUT2D eigenvalue weighted by Gasteiger charge is 2.18. The molecule has 2 aromatic rings. The van der Waals surface area contributed by atoms with Gasteiger partial charge in [-0.15, -0.1) is 0 Å². The zero-order valence-electron chi connectivity index (χ0n) is 10.1. The fourth-order valence-corrected chi connectivity index (χ4v) is 2.68. The van der Waals surface area contributed by atoms with Crippen LogP contribution in [0.2, 0.25) is 0 Å². The molecule has 1 aromatic carbocycles. The first kappa shape index (κ1) is 13.3. The molecule has 7 heteroatoms. The Morgan fingerprint density at radius 1 is 1.32 bits per heavy atom. The van der Waals surface area contributed by atoms with Gasteiger partial charge in [-0.05, 0) is 42.8 Å². The number of aromatic nitrogens is 1. The van der Waals surface area contributed by atoms with Crippen molar-refractivity contribution in [3.63, 3.8) is 0 Å². The Kier molecular flexibility index (Phi) is 3.39. The summed E-state index contributed by atoms with van der Waals surface area (Å²) in [6.07, 6.45) is 1.40. The largest absolute Gasteiger partial charge is 0.383 e. The molecular weight excluding hydrogens is 269 g/mol. The van der Waals surface area contributed by atoms with E-state index in [-0.39, 0.29) is 16.4 Å². The Balaban J connectivity index is 2.37. The van der Waals surface area contributed by atoms with Crippen molar-refractivity contribution in [1.82, 2.24) is 4.98 Å². The van der Waals surface area contributed by atoms with Gasteiger partial charge in [-0.2, -0.15) is 0 Å². The number of nitrogens with two attached hydrogens (primary N) is 1. The van der Waals surface area contributed by atoms with E-state index >= 15 is 0 Å². The van der Waals surface area contributed by atoms with E-state index in [1.54, 1.807) is 6.92 Å². The summed E-state index contributed by atoms with van der Waals surface area (Å²) >= 11 is 0. The van der Waals surface area contributed by atoms with Crippen LogP contribution in [0.3, 0.4) is 0 Å². The minimum Gasteiger partial charge on any atom is -0.383 e. The molecular formula is C12H12FN3O2S. The minimum atomic E-state index is -3.83. The lowest BCUT2D eigenvalue weighted by Gasteiger charge is -2.10. The van der Waals surface area contributed by atoms with Gasteiger partial charge in [0, 0.05) is 11.9 Å². The van der Waals surface area contributed by atoms with Gasteiger partial charge in [0.2, 0.25) is 0 Å². The number of rotatable bonds is 3. The number of nitrogens with zero attached hydrogens (tertiary/aromatic N) is 1. The molecule has 0 atom stereocenters. The SMILES string of the molecule is Cc1cc(NS(=O)(=O)c2cccnc2N)ccc1F. The van der Waals surface area contributed by atoms with E-state index in [2.05, 4.69) is 9.71 Å². The van der Waals surface area contributed by atoms with Crippen LogP contribution in [0.5, 0.6) is 0 Å². The van der Waals surface area contributed by atoms with Gasteiger partial charge in [0.15, 0.2) is 0 Å². The number of hydrogen-bond acceptors (Lipinski definition) is 4. The van der Waals surface area contributed by atoms with Crippen LogP contribution >= 0.6 is 0 Å². The highest BCUT2D eigenvalue weighted by molar-refractivity contribution is 7.92. The molecule has 0 spiro atoms. The highest BCUT2D eigenvalue weighted by atomic mass is 32.2. The van der Waals surface area contributed by atoms with Crippen LogP contribution in [0.4, 0.5) is 15.9 Å². The van der Waals surface area contributed by atoms with Crippen molar-refractivity contribution < 1.29 is 12.8 Å². The first-order valence-electron chi connectivity index (χ1n) is 5.39. The van der Waals surface area contributed by atoms with Gasteiger partial charge in [0.1, 0.15) is 16.5 Å². The summed E-state index contributed by atoms with van der Waals surface area (Å²) in [6, 6.07) is 6.76.